The molecule has 0 heterocycles. The van der Waals surface area contributed by atoms with Gasteiger partial charge in [0.2, 0.25) is 5.91 Å². The molecule has 0 aliphatic carbocycles. The largest absolute Gasteiger partial charge is 0.462 e. The van der Waals surface area contributed by atoms with E-state index in [0.29, 0.717) is 19.3 Å². The van der Waals surface area contributed by atoms with Crippen LogP contribution in [0.2, 0.25) is 0 Å². The van der Waals surface area contributed by atoms with E-state index in [-0.39, 0.29) is 24.9 Å². The van der Waals surface area contributed by atoms with Crippen LogP contribution in [0.4, 0.5) is 0 Å². The van der Waals surface area contributed by atoms with Gasteiger partial charge in [0.1, 0.15) is 6.10 Å². The summed E-state index contributed by atoms with van der Waals surface area (Å²) in [5.41, 5.74) is 0. The van der Waals surface area contributed by atoms with Crippen LogP contribution in [0.1, 0.15) is 245 Å². The second-order valence-corrected chi connectivity index (χ2v) is 16.5. The molecular formula is C50H93NO5. The number of hydrogen-bond donors (Lipinski definition) is 3. The number of carbonyl (C=O) groups excluding carboxylic acids is 2. The Balaban J connectivity index is 4.46. The van der Waals surface area contributed by atoms with Crippen molar-refractivity contribution >= 4 is 11.9 Å². The number of aliphatic hydroxyl groups excluding tert-OH is 2. The highest BCUT2D eigenvalue weighted by Gasteiger charge is 2.24. The molecular weight excluding hydrogens is 695 g/mol. The monoisotopic (exact) mass is 788 g/mol. The molecule has 3 atom stereocenters. The standard InChI is InChI=1S/C50H93NO5/c1-4-7-10-13-16-19-21-23-25-27-29-31-34-37-40-43-50(55)56-46(41-38-35-32-18-15-12-9-6-3)44-49(54)51-47(45-52)48(53)42-39-36-33-30-28-26-24-22-20-17-14-11-8-5-2/h12,15-16,19,21,23,46-48,52-53H,4-11,13-14,17-18,20,22,24-45H2,1-3H3,(H,51,54)/b15-12-,19-16+,23-21+. The van der Waals surface area contributed by atoms with Crippen molar-refractivity contribution in [1.29, 1.82) is 0 Å². The molecule has 0 bridgehead atoms. The summed E-state index contributed by atoms with van der Waals surface area (Å²) in [4.78, 5) is 26.0. The smallest absolute Gasteiger partial charge is 0.306 e. The molecule has 3 unspecified atom stereocenters. The maximum atomic E-state index is 13.1. The molecule has 6 nitrogen and oxygen atoms in total. The number of unbranched alkanes of at least 4 members (excludes halogenated alkanes) is 26. The number of hydrogen-bond acceptors (Lipinski definition) is 5. The van der Waals surface area contributed by atoms with Crippen LogP contribution in [-0.2, 0) is 14.3 Å². The first-order valence-corrected chi connectivity index (χ1v) is 24.2. The SMILES string of the molecule is CCC/C=C\CCCCCC(CC(=O)NC(CO)C(O)CCCCCCCCCCCCCCCC)OC(=O)CCCCCCCC/C=C/C=C/CCCCC. The summed E-state index contributed by atoms with van der Waals surface area (Å²) in [6, 6.07) is -0.705. The van der Waals surface area contributed by atoms with Crippen molar-refractivity contribution in [3.05, 3.63) is 36.5 Å². The topological polar surface area (TPSA) is 95.9 Å². The van der Waals surface area contributed by atoms with E-state index in [1.54, 1.807) is 0 Å². The van der Waals surface area contributed by atoms with Gasteiger partial charge in [-0.3, -0.25) is 9.59 Å². The molecule has 0 radical (unpaired) electrons. The lowest BCUT2D eigenvalue weighted by Crippen LogP contribution is -2.46. The van der Waals surface area contributed by atoms with Crippen LogP contribution >= 0.6 is 0 Å². The van der Waals surface area contributed by atoms with E-state index in [1.807, 2.05) is 0 Å². The highest BCUT2D eigenvalue weighted by atomic mass is 16.5. The Hall–Kier alpha value is -1.92. The molecule has 0 fully saturated rings. The molecule has 0 spiro atoms. The Bertz CT molecular complexity index is 930. The third-order valence-electron chi connectivity index (χ3n) is 11.0. The van der Waals surface area contributed by atoms with Crippen LogP contribution in [0.25, 0.3) is 0 Å². The van der Waals surface area contributed by atoms with E-state index < -0.39 is 18.2 Å². The summed E-state index contributed by atoms with van der Waals surface area (Å²) in [5.74, 6) is -0.503. The molecule has 0 aliphatic heterocycles. The molecule has 0 aromatic carbocycles. The minimum atomic E-state index is -0.790. The van der Waals surface area contributed by atoms with Gasteiger partial charge >= 0.3 is 5.97 Å². The second kappa shape index (κ2) is 44.2. The maximum Gasteiger partial charge on any atom is 0.306 e. The van der Waals surface area contributed by atoms with Crippen molar-refractivity contribution in [2.24, 2.45) is 0 Å². The van der Waals surface area contributed by atoms with Crippen LogP contribution in [-0.4, -0.2) is 46.9 Å². The van der Waals surface area contributed by atoms with Gasteiger partial charge in [0.05, 0.1) is 25.2 Å². The van der Waals surface area contributed by atoms with Crippen molar-refractivity contribution in [2.45, 2.75) is 264 Å². The van der Waals surface area contributed by atoms with Gasteiger partial charge < -0.3 is 20.3 Å². The van der Waals surface area contributed by atoms with Crippen LogP contribution < -0.4 is 5.32 Å². The van der Waals surface area contributed by atoms with Gasteiger partial charge in [0.25, 0.3) is 0 Å². The van der Waals surface area contributed by atoms with E-state index in [9.17, 15) is 19.8 Å². The van der Waals surface area contributed by atoms with Crippen LogP contribution in [0.5, 0.6) is 0 Å². The van der Waals surface area contributed by atoms with Crippen molar-refractivity contribution in [3.63, 3.8) is 0 Å². The number of ether oxygens (including phenoxy) is 1. The number of carbonyl (C=O) groups is 2. The Labute approximate surface area is 347 Å². The molecule has 1 amide bonds. The summed E-state index contributed by atoms with van der Waals surface area (Å²) in [6.07, 6.45) is 50.7. The first-order valence-electron chi connectivity index (χ1n) is 24.2. The number of aliphatic hydroxyl groups is 2. The molecule has 328 valence electrons. The summed E-state index contributed by atoms with van der Waals surface area (Å²) in [6.45, 7) is 6.38. The lowest BCUT2D eigenvalue weighted by atomic mass is 10.0. The highest BCUT2D eigenvalue weighted by molar-refractivity contribution is 5.77. The number of esters is 1. The Morgan fingerprint density at radius 3 is 1.50 bits per heavy atom. The van der Waals surface area contributed by atoms with E-state index in [1.165, 1.54) is 116 Å². The number of amides is 1. The Kier molecular flexibility index (Phi) is 42.7. The van der Waals surface area contributed by atoms with Gasteiger partial charge in [-0.15, -0.1) is 0 Å². The van der Waals surface area contributed by atoms with Gasteiger partial charge in [-0.2, -0.15) is 0 Å². The zero-order valence-corrected chi connectivity index (χ0v) is 37.3. The summed E-state index contributed by atoms with van der Waals surface area (Å²) < 4.78 is 5.88. The Morgan fingerprint density at radius 2 is 0.946 bits per heavy atom. The summed E-state index contributed by atoms with van der Waals surface area (Å²) in [7, 11) is 0. The normalized spacial score (nSPS) is 13.6. The van der Waals surface area contributed by atoms with Gasteiger partial charge in [0, 0.05) is 6.42 Å². The Morgan fingerprint density at radius 1 is 0.518 bits per heavy atom. The third kappa shape index (κ3) is 38.9. The average Bonchev–Trinajstić information content (AvgIpc) is 3.19. The minimum absolute atomic E-state index is 0.0628. The van der Waals surface area contributed by atoms with E-state index in [0.717, 1.165) is 83.5 Å². The van der Waals surface area contributed by atoms with Crippen LogP contribution in [0.15, 0.2) is 36.5 Å². The fourth-order valence-electron chi connectivity index (χ4n) is 7.25. The molecule has 0 aliphatic rings. The van der Waals surface area contributed by atoms with E-state index in [4.69, 9.17) is 4.74 Å². The van der Waals surface area contributed by atoms with Crippen LogP contribution in [0.3, 0.4) is 0 Å². The number of rotatable bonds is 43. The van der Waals surface area contributed by atoms with Crippen molar-refractivity contribution < 1.29 is 24.5 Å². The highest BCUT2D eigenvalue weighted by Crippen LogP contribution is 2.17. The zero-order chi connectivity index (χ0) is 41.0. The molecule has 0 aromatic heterocycles. The van der Waals surface area contributed by atoms with E-state index in [2.05, 4.69) is 62.5 Å². The van der Waals surface area contributed by atoms with Crippen molar-refractivity contribution in [1.82, 2.24) is 5.32 Å². The fraction of sp³-hybridized carbons (Fsp3) is 0.840. The predicted octanol–water partition coefficient (Wildman–Crippen LogP) is 14.1. The van der Waals surface area contributed by atoms with Gasteiger partial charge in [-0.1, -0.05) is 198 Å². The van der Waals surface area contributed by atoms with Gasteiger partial charge in [-0.25, -0.2) is 0 Å². The number of allylic oxidation sites excluding steroid dienone is 6. The van der Waals surface area contributed by atoms with Gasteiger partial charge in [0.15, 0.2) is 0 Å². The molecule has 0 saturated carbocycles. The zero-order valence-electron chi connectivity index (χ0n) is 37.3. The summed E-state index contributed by atoms with van der Waals surface area (Å²) >= 11 is 0. The molecule has 0 aromatic rings. The van der Waals surface area contributed by atoms with Crippen molar-refractivity contribution in [3.8, 4) is 0 Å². The van der Waals surface area contributed by atoms with Crippen LogP contribution in [0, 0.1) is 0 Å². The molecule has 56 heavy (non-hydrogen) atoms. The molecule has 3 N–H and O–H groups in total. The van der Waals surface area contributed by atoms with Gasteiger partial charge in [-0.05, 0) is 70.6 Å². The van der Waals surface area contributed by atoms with E-state index >= 15 is 0 Å². The third-order valence-corrected chi connectivity index (χ3v) is 11.0. The molecule has 0 saturated heterocycles. The first kappa shape index (κ1) is 54.1. The second-order valence-electron chi connectivity index (χ2n) is 16.5. The van der Waals surface area contributed by atoms with Crippen molar-refractivity contribution in [2.75, 3.05) is 6.61 Å². The number of nitrogens with one attached hydrogen (secondary N) is 1. The minimum Gasteiger partial charge on any atom is -0.462 e. The molecule has 0 rings (SSSR count). The summed E-state index contributed by atoms with van der Waals surface area (Å²) in [5, 5.41) is 23.7. The lowest BCUT2D eigenvalue weighted by Gasteiger charge is -2.24. The average molecular weight is 788 g/mol. The lowest BCUT2D eigenvalue weighted by molar-refractivity contribution is -0.151. The first-order chi connectivity index (χ1) is 27.5. The predicted molar refractivity (Wildman–Crippen MR) is 241 cm³/mol. The fourth-order valence-corrected chi connectivity index (χ4v) is 7.25. The molecule has 6 heteroatoms. The maximum absolute atomic E-state index is 13.1. The quantitative estimate of drug-likeness (QED) is 0.0247.